The fourth-order valence-electron chi connectivity index (χ4n) is 1.18. The lowest BCUT2D eigenvalue weighted by Gasteiger charge is -2.06. The summed E-state index contributed by atoms with van der Waals surface area (Å²) in [5.74, 6) is 0. The summed E-state index contributed by atoms with van der Waals surface area (Å²) in [6.45, 7) is 1.60. The van der Waals surface area contributed by atoms with Crippen LogP contribution < -0.4 is 11.1 Å². The zero-order valence-corrected chi connectivity index (χ0v) is 7.66. The molecule has 0 fully saturated rings. The number of aliphatic hydroxyl groups is 1. The second-order valence-electron chi connectivity index (χ2n) is 2.89. The molecule has 1 aromatic rings. The Labute approximate surface area is 78.6 Å². The Morgan fingerprint density at radius 2 is 2.23 bits per heavy atom. The van der Waals surface area contributed by atoms with E-state index in [1.807, 2.05) is 24.3 Å². The molecule has 0 heterocycles. The minimum atomic E-state index is 0.195. The first kappa shape index (κ1) is 10.0. The molecule has 0 radical (unpaired) electrons. The summed E-state index contributed by atoms with van der Waals surface area (Å²) in [6.07, 6.45) is 0.706. The number of aliphatic hydroxyl groups excluding tert-OH is 1. The highest BCUT2D eigenvalue weighted by Crippen LogP contribution is 2.10. The second-order valence-corrected chi connectivity index (χ2v) is 2.89. The van der Waals surface area contributed by atoms with Gasteiger partial charge in [0.25, 0.3) is 0 Å². The highest BCUT2D eigenvalue weighted by molar-refractivity contribution is 5.45. The van der Waals surface area contributed by atoms with Crippen LogP contribution in [0.4, 0.5) is 5.69 Å². The fourth-order valence-corrected chi connectivity index (χ4v) is 1.18. The second kappa shape index (κ2) is 5.56. The molecule has 0 aromatic heterocycles. The number of rotatable bonds is 5. The summed E-state index contributed by atoms with van der Waals surface area (Å²) in [7, 11) is 0. The lowest BCUT2D eigenvalue weighted by Crippen LogP contribution is -2.13. The van der Waals surface area contributed by atoms with E-state index in [-0.39, 0.29) is 6.61 Å². The van der Waals surface area contributed by atoms with Crippen LogP contribution >= 0.6 is 0 Å². The molecule has 1 rings (SSSR count). The Morgan fingerprint density at radius 1 is 1.38 bits per heavy atom. The van der Waals surface area contributed by atoms with Crippen LogP contribution in [0.25, 0.3) is 0 Å². The van der Waals surface area contributed by atoms with Crippen molar-refractivity contribution in [2.24, 2.45) is 5.73 Å². The van der Waals surface area contributed by atoms with E-state index in [4.69, 9.17) is 10.8 Å². The third kappa shape index (κ3) is 3.44. The zero-order chi connectivity index (χ0) is 9.52. The molecule has 3 heteroatoms. The van der Waals surface area contributed by atoms with Crippen LogP contribution in [-0.2, 0) is 6.42 Å². The first-order valence-electron chi connectivity index (χ1n) is 4.50. The van der Waals surface area contributed by atoms with Crippen molar-refractivity contribution in [2.75, 3.05) is 25.0 Å². The van der Waals surface area contributed by atoms with E-state index in [0.717, 1.165) is 17.8 Å². The molecule has 0 aliphatic rings. The number of benzene rings is 1. The van der Waals surface area contributed by atoms with Gasteiger partial charge in [0.15, 0.2) is 0 Å². The standard InChI is InChI=1S/C10H16N2O/c11-5-6-12-10-3-1-2-9(8-10)4-7-13/h1-3,8,12-13H,4-7,11H2. The molecule has 0 aliphatic heterocycles. The molecule has 0 atom stereocenters. The largest absolute Gasteiger partial charge is 0.396 e. The van der Waals surface area contributed by atoms with Gasteiger partial charge in [0.1, 0.15) is 0 Å². The van der Waals surface area contributed by atoms with Crippen LogP contribution in [0.3, 0.4) is 0 Å². The SMILES string of the molecule is NCCNc1cccc(CCO)c1. The van der Waals surface area contributed by atoms with Gasteiger partial charge in [-0.3, -0.25) is 0 Å². The van der Waals surface area contributed by atoms with Gasteiger partial charge < -0.3 is 16.2 Å². The normalized spacial score (nSPS) is 10.0. The minimum Gasteiger partial charge on any atom is -0.396 e. The molecule has 0 bridgehead atoms. The molecule has 4 N–H and O–H groups in total. The van der Waals surface area contributed by atoms with E-state index in [1.54, 1.807) is 0 Å². The lowest BCUT2D eigenvalue weighted by atomic mass is 10.1. The van der Waals surface area contributed by atoms with Crippen LogP contribution in [0, 0.1) is 0 Å². The zero-order valence-electron chi connectivity index (χ0n) is 7.66. The van der Waals surface area contributed by atoms with Crippen molar-refractivity contribution in [2.45, 2.75) is 6.42 Å². The number of nitrogens with two attached hydrogens (primary N) is 1. The molecule has 0 aliphatic carbocycles. The van der Waals surface area contributed by atoms with Crippen molar-refractivity contribution in [1.82, 2.24) is 0 Å². The van der Waals surface area contributed by atoms with Crippen molar-refractivity contribution in [3.05, 3.63) is 29.8 Å². The molecule has 3 nitrogen and oxygen atoms in total. The molecule has 13 heavy (non-hydrogen) atoms. The summed E-state index contributed by atoms with van der Waals surface area (Å²) in [4.78, 5) is 0. The topological polar surface area (TPSA) is 58.3 Å². The summed E-state index contributed by atoms with van der Waals surface area (Å²) >= 11 is 0. The highest BCUT2D eigenvalue weighted by atomic mass is 16.2. The molecule has 72 valence electrons. The van der Waals surface area contributed by atoms with Crippen LogP contribution in [0.1, 0.15) is 5.56 Å². The lowest BCUT2D eigenvalue weighted by molar-refractivity contribution is 0.299. The van der Waals surface area contributed by atoms with E-state index in [0.29, 0.717) is 13.0 Å². The summed E-state index contributed by atoms with van der Waals surface area (Å²) in [5.41, 5.74) is 7.58. The quantitative estimate of drug-likeness (QED) is 0.621. The van der Waals surface area contributed by atoms with Crippen molar-refractivity contribution < 1.29 is 5.11 Å². The Kier molecular flexibility index (Phi) is 4.29. The smallest absolute Gasteiger partial charge is 0.0471 e. The van der Waals surface area contributed by atoms with Gasteiger partial charge in [-0.05, 0) is 24.1 Å². The van der Waals surface area contributed by atoms with E-state index in [1.165, 1.54) is 0 Å². The minimum absolute atomic E-state index is 0.195. The van der Waals surface area contributed by atoms with Crippen LogP contribution in [0.5, 0.6) is 0 Å². The molecular formula is C10H16N2O. The summed E-state index contributed by atoms with van der Waals surface area (Å²) in [6, 6.07) is 8.01. The van der Waals surface area contributed by atoms with Gasteiger partial charge in [0.05, 0.1) is 0 Å². The van der Waals surface area contributed by atoms with Gasteiger partial charge in [-0.25, -0.2) is 0 Å². The van der Waals surface area contributed by atoms with Gasteiger partial charge in [0.2, 0.25) is 0 Å². The van der Waals surface area contributed by atoms with E-state index < -0.39 is 0 Å². The molecular weight excluding hydrogens is 164 g/mol. The maximum atomic E-state index is 8.75. The van der Waals surface area contributed by atoms with Crippen molar-refractivity contribution in [3.8, 4) is 0 Å². The summed E-state index contributed by atoms with van der Waals surface area (Å²) in [5, 5.41) is 11.9. The van der Waals surface area contributed by atoms with Gasteiger partial charge in [-0.2, -0.15) is 0 Å². The fraction of sp³-hybridized carbons (Fsp3) is 0.400. The Bertz CT molecular complexity index is 250. The number of hydrogen-bond acceptors (Lipinski definition) is 3. The van der Waals surface area contributed by atoms with E-state index in [2.05, 4.69) is 5.32 Å². The first-order chi connectivity index (χ1) is 6.36. The van der Waals surface area contributed by atoms with E-state index in [9.17, 15) is 0 Å². The van der Waals surface area contributed by atoms with Crippen molar-refractivity contribution in [1.29, 1.82) is 0 Å². The van der Waals surface area contributed by atoms with Crippen LogP contribution in [0.15, 0.2) is 24.3 Å². The molecule has 0 saturated carbocycles. The van der Waals surface area contributed by atoms with E-state index >= 15 is 0 Å². The van der Waals surface area contributed by atoms with Crippen molar-refractivity contribution in [3.63, 3.8) is 0 Å². The van der Waals surface area contributed by atoms with Gasteiger partial charge in [0, 0.05) is 25.4 Å². The molecule has 0 spiro atoms. The Balaban J connectivity index is 2.56. The molecule has 0 unspecified atom stereocenters. The summed E-state index contributed by atoms with van der Waals surface area (Å²) < 4.78 is 0. The van der Waals surface area contributed by atoms with Crippen LogP contribution in [-0.4, -0.2) is 24.8 Å². The van der Waals surface area contributed by atoms with Crippen LogP contribution in [0.2, 0.25) is 0 Å². The van der Waals surface area contributed by atoms with Gasteiger partial charge in [-0.15, -0.1) is 0 Å². The first-order valence-corrected chi connectivity index (χ1v) is 4.50. The molecule has 1 aromatic carbocycles. The Morgan fingerprint density at radius 3 is 2.92 bits per heavy atom. The average molecular weight is 180 g/mol. The predicted molar refractivity (Wildman–Crippen MR) is 54.8 cm³/mol. The van der Waals surface area contributed by atoms with Gasteiger partial charge in [-0.1, -0.05) is 12.1 Å². The third-order valence-corrected chi connectivity index (χ3v) is 1.80. The number of anilines is 1. The van der Waals surface area contributed by atoms with Crippen molar-refractivity contribution >= 4 is 5.69 Å². The maximum Gasteiger partial charge on any atom is 0.0471 e. The monoisotopic (exact) mass is 180 g/mol. The predicted octanol–water partition coefficient (Wildman–Crippen LogP) is 0.592. The maximum absolute atomic E-state index is 8.75. The molecule has 0 amide bonds. The highest BCUT2D eigenvalue weighted by Gasteiger charge is 1.93. The third-order valence-electron chi connectivity index (χ3n) is 1.80. The van der Waals surface area contributed by atoms with Gasteiger partial charge >= 0.3 is 0 Å². The number of nitrogens with one attached hydrogen (secondary N) is 1. The molecule has 0 saturated heterocycles. The number of hydrogen-bond donors (Lipinski definition) is 3. The Hall–Kier alpha value is -1.06. The average Bonchev–Trinajstić information content (AvgIpc) is 2.16.